The van der Waals surface area contributed by atoms with Crippen molar-refractivity contribution in [3.8, 4) is 0 Å². The number of aliphatic hydroxyl groups is 1. The van der Waals surface area contributed by atoms with Crippen LogP contribution < -0.4 is 0 Å². The highest BCUT2D eigenvalue weighted by Gasteiger charge is 2.09. The topological polar surface area (TPSA) is 46.5 Å². The lowest BCUT2D eigenvalue weighted by Crippen LogP contribution is -2.14. The van der Waals surface area contributed by atoms with Crippen LogP contribution in [0, 0.1) is 5.92 Å². The van der Waals surface area contributed by atoms with Crippen LogP contribution in [0.25, 0.3) is 0 Å². The Hall–Kier alpha value is -0.830. The Kier molecular flexibility index (Phi) is 6.21. The molecule has 3 heteroatoms. The molecule has 82 valence electrons. The fraction of sp³-hybridized carbons (Fsp3) is 0.727. The summed E-state index contributed by atoms with van der Waals surface area (Å²) < 4.78 is 4.81. The van der Waals surface area contributed by atoms with Crippen molar-refractivity contribution in [2.24, 2.45) is 5.92 Å². The minimum absolute atomic E-state index is 0.209. The van der Waals surface area contributed by atoms with E-state index in [-0.39, 0.29) is 18.0 Å². The summed E-state index contributed by atoms with van der Waals surface area (Å²) in [5.74, 6) is -0.0929. The van der Waals surface area contributed by atoms with Crippen LogP contribution in [0.3, 0.4) is 0 Å². The van der Waals surface area contributed by atoms with E-state index in [1.54, 1.807) is 19.9 Å². The smallest absolute Gasteiger partial charge is 0.333 e. The van der Waals surface area contributed by atoms with Gasteiger partial charge in [-0.3, -0.25) is 0 Å². The Balaban J connectivity index is 4.05. The van der Waals surface area contributed by atoms with Crippen LogP contribution in [0.5, 0.6) is 0 Å². The molecule has 0 amide bonds. The third-order valence-corrected chi connectivity index (χ3v) is 2.03. The Labute approximate surface area is 85.8 Å². The van der Waals surface area contributed by atoms with E-state index in [0.717, 1.165) is 0 Å². The van der Waals surface area contributed by atoms with E-state index in [1.165, 1.54) is 0 Å². The van der Waals surface area contributed by atoms with Gasteiger partial charge in [0.25, 0.3) is 0 Å². The number of rotatable bonds is 5. The minimum atomic E-state index is -0.389. The van der Waals surface area contributed by atoms with Gasteiger partial charge in [-0.2, -0.15) is 0 Å². The number of carbonyl (C=O) groups is 1. The second kappa shape index (κ2) is 6.60. The summed E-state index contributed by atoms with van der Waals surface area (Å²) in [5, 5.41) is 9.49. The monoisotopic (exact) mass is 200 g/mol. The van der Waals surface area contributed by atoms with E-state index in [4.69, 9.17) is 4.74 Å². The van der Waals surface area contributed by atoms with Gasteiger partial charge in [0.2, 0.25) is 0 Å². The van der Waals surface area contributed by atoms with Gasteiger partial charge in [-0.05, 0) is 26.2 Å². The van der Waals surface area contributed by atoms with Gasteiger partial charge >= 0.3 is 5.97 Å². The normalized spacial score (nSPS) is 14.3. The number of carbonyl (C=O) groups excluding carboxylic acids is 1. The molecule has 0 heterocycles. The first-order valence-corrected chi connectivity index (χ1v) is 5.01. The Morgan fingerprint density at radius 3 is 2.50 bits per heavy atom. The highest BCUT2D eigenvalue weighted by Crippen LogP contribution is 2.08. The summed E-state index contributed by atoms with van der Waals surface area (Å²) in [5.41, 5.74) is 0.562. The van der Waals surface area contributed by atoms with Crippen molar-refractivity contribution >= 4 is 5.97 Å². The predicted octanol–water partition coefficient (Wildman–Crippen LogP) is 1.90. The zero-order chi connectivity index (χ0) is 11.1. The summed E-state index contributed by atoms with van der Waals surface area (Å²) in [7, 11) is 0. The lowest BCUT2D eigenvalue weighted by molar-refractivity contribution is -0.138. The summed E-state index contributed by atoms with van der Waals surface area (Å²) in [6.07, 6.45) is 1.84. The van der Waals surface area contributed by atoms with Crippen LogP contribution >= 0.6 is 0 Å². The summed E-state index contributed by atoms with van der Waals surface area (Å²) in [4.78, 5) is 11.2. The second-order valence-corrected chi connectivity index (χ2v) is 3.65. The second-order valence-electron chi connectivity index (χ2n) is 3.65. The highest BCUT2D eigenvalue weighted by molar-refractivity contribution is 5.87. The molecule has 1 N–H and O–H groups in total. The van der Waals surface area contributed by atoms with E-state index >= 15 is 0 Å². The molecule has 1 unspecified atom stereocenters. The Bertz CT molecular complexity index is 207. The number of hydrogen-bond acceptors (Lipinski definition) is 3. The molecule has 0 aliphatic heterocycles. The van der Waals surface area contributed by atoms with Crippen molar-refractivity contribution in [1.29, 1.82) is 0 Å². The van der Waals surface area contributed by atoms with Crippen molar-refractivity contribution in [2.75, 3.05) is 6.61 Å². The first-order valence-electron chi connectivity index (χ1n) is 5.01. The molecule has 0 saturated carbocycles. The van der Waals surface area contributed by atoms with E-state index in [0.29, 0.717) is 18.6 Å². The van der Waals surface area contributed by atoms with Gasteiger partial charge in [0.1, 0.15) is 0 Å². The van der Waals surface area contributed by atoms with E-state index < -0.39 is 0 Å². The van der Waals surface area contributed by atoms with E-state index in [9.17, 15) is 9.90 Å². The Morgan fingerprint density at radius 2 is 2.07 bits per heavy atom. The summed E-state index contributed by atoms with van der Waals surface area (Å²) in [6.45, 7) is 7.74. The van der Waals surface area contributed by atoms with Crippen LogP contribution in [0.15, 0.2) is 11.6 Å². The standard InChI is InChI=1S/C11H20O3/c1-5-14-11(13)9(4)6-7-10(12)8(2)3/h6,8,10,12H,5,7H2,1-4H3/b9-6+. The zero-order valence-corrected chi connectivity index (χ0v) is 9.41. The summed E-state index contributed by atoms with van der Waals surface area (Å²) >= 11 is 0. The van der Waals surface area contributed by atoms with Crippen molar-refractivity contribution < 1.29 is 14.6 Å². The molecular formula is C11H20O3. The molecule has 0 aromatic heterocycles. The van der Waals surface area contributed by atoms with Gasteiger partial charge in [0.05, 0.1) is 12.7 Å². The van der Waals surface area contributed by atoms with Gasteiger partial charge in [-0.25, -0.2) is 4.79 Å². The minimum Gasteiger partial charge on any atom is -0.463 e. The molecule has 14 heavy (non-hydrogen) atoms. The molecule has 0 aromatic carbocycles. The van der Waals surface area contributed by atoms with Crippen molar-refractivity contribution in [3.63, 3.8) is 0 Å². The van der Waals surface area contributed by atoms with Gasteiger partial charge in [0, 0.05) is 5.57 Å². The van der Waals surface area contributed by atoms with Gasteiger partial charge < -0.3 is 9.84 Å². The van der Waals surface area contributed by atoms with Crippen LogP contribution in [0.4, 0.5) is 0 Å². The SMILES string of the molecule is CCOC(=O)/C(C)=C/CC(O)C(C)C. The molecule has 0 aliphatic rings. The number of aliphatic hydroxyl groups excluding tert-OH is 1. The molecule has 0 saturated heterocycles. The molecular weight excluding hydrogens is 180 g/mol. The van der Waals surface area contributed by atoms with Crippen LogP contribution in [0.1, 0.15) is 34.1 Å². The summed E-state index contributed by atoms with van der Waals surface area (Å²) in [6, 6.07) is 0. The molecule has 1 atom stereocenters. The number of hydrogen-bond donors (Lipinski definition) is 1. The fourth-order valence-electron chi connectivity index (χ4n) is 0.898. The molecule has 0 radical (unpaired) electrons. The van der Waals surface area contributed by atoms with Crippen molar-refractivity contribution in [2.45, 2.75) is 40.2 Å². The molecule has 0 aromatic rings. The number of esters is 1. The van der Waals surface area contributed by atoms with Gasteiger partial charge in [-0.1, -0.05) is 19.9 Å². The molecule has 0 bridgehead atoms. The molecule has 0 spiro atoms. The zero-order valence-electron chi connectivity index (χ0n) is 9.41. The quantitative estimate of drug-likeness (QED) is 0.544. The van der Waals surface area contributed by atoms with E-state index in [2.05, 4.69) is 0 Å². The van der Waals surface area contributed by atoms with Crippen molar-refractivity contribution in [3.05, 3.63) is 11.6 Å². The maximum atomic E-state index is 11.2. The predicted molar refractivity (Wildman–Crippen MR) is 55.9 cm³/mol. The molecule has 0 aliphatic carbocycles. The maximum Gasteiger partial charge on any atom is 0.333 e. The molecule has 0 fully saturated rings. The first kappa shape index (κ1) is 13.2. The fourth-order valence-corrected chi connectivity index (χ4v) is 0.898. The lowest BCUT2D eigenvalue weighted by atomic mass is 10.0. The van der Waals surface area contributed by atoms with E-state index in [1.807, 2.05) is 13.8 Å². The lowest BCUT2D eigenvalue weighted by Gasteiger charge is -2.11. The number of ether oxygens (including phenoxy) is 1. The Morgan fingerprint density at radius 1 is 1.50 bits per heavy atom. The third-order valence-electron chi connectivity index (χ3n) is 2.03. The average molecular weight is 200 g/mol. The third kappa shape index (κ3) is 5.02. The maximum absolute atomic E-state index is 11.2. The average Bonchev–Trinajstić information content (AvgIpc) is 2.13. The molecule has 0 rings (SSSR count). The van der Waals surface area contributed by atoms with Crippen molar-refractivity contribution in [1.82, 2.24) is 0 Å². The van der Waals surface area contributed by atoms with Gasteiger partial charge in [-0.15, -0.1) is 0 Å². The first-order chi connectivity index (χ1) is 6.49. The van der Waals surface area contributed by atoms with Crippen LogP contribution in [-0.4, -0.2) is 23.8 Å². The van der Waals surface area contributed by atoms with Crippen LogP contribution in [0.2, 0.25) is 0 Å². The van der Waals surface area contributed by atoms with Crippen LogP contribution in [-0.2, 0) is 9.53 Å². The largest absolute Gasteiger partial charge is 0.463 e. The highest BCUT2D eigenvalue weighted by atomic mass is 16.5. The van der Waals surface area contributed by atoms with Gasteiger partial charge in [0.15, 0.2) is 0 Å². The molecule has 3 nitrogen and oxygen atoms in total.